The van der Waals surface area contributed by atoms with E-state index in [1.165, 1.54) is 0 Å². The van der Waals surface area contributed by atoms with Gasteiger partial charge >= 0.3 is 6.18 Å². The summed E-state index contributed by atoms with van der Waals surface area (Å²) in [6.07, 6.45) is -3.49. The summed E-state index contributed by atoms with van der Waals surface area (Å²) in [5.74, 6) is -1.40. The number of nitriles is 1. The third-order valence-corrected chi connectivity index (χ3v) is 3.88. The molecule has 0 amide bonds. The van der Waals surface area contributed by atoms with Gasteiger partial charge in [0.25, 0.3) is 0 Å². The van der Waals surface area contributed by atoms with E-state index in [1.807, 2.05) is 25.7 Å². The quantitative estimate of drug-likeness (QED) is 0.710. The Morgan fingerprint density at radius 2 is 1.94 bits per heavy atom. The second-order valence-electron chi connectivity index (χ2n) is 5.66. The maximum Gasteiger partial charge on any atom is 0.391 e. The Hall–Kier alpha value is -0.543. The smallest absolute Gasteiger partial charge is 0.391 e. The highest BCUT2D eigenvalue weighted by atomic mass is 28.4. The van der Waals surface area contributed by atoms with Crippen LogP contribution in [0.25, 0.3) is 0 Å². The molecule has 0 aromatic heterocycles. The summed E-state index contributed by atoms with van der Waals surface area (Å²) >= 11 is 0. The Morgan fingerprint density at radius 1 is 1.35 bits per heavy atom. The van der Waals surface area contributed by atoms with Crippen molar-refractivity contribution in [3.63, 3.8) is 0 Å². The molecule has 1 fully saturated rings. The average molecular weight is 265 g/mol. The zero-order valence-corrected chi connectivity index (χ0v) is 11.4. The van der Waals surface area contributed by atoms with Crippen LogP contribution in [0.15, 0.2) is 0 Å². The fourth-order valence-corrected chi connectivity index (χ4v) is 3.72. The highest BCUT2D eigenvalue weighted by Gasteiger charge is 2.49. The molecule has 1 aliphatic rings. The van der Waals surface area contributed by atoms with Gasteiger partial charge in [-0.2, -0.15) is 18.4 Å². The van der Waals surface area contributed by atoms with E-state index in [-0.39, 0.29) is 12.8 Å². The fraction of sp³-hybridized carbons (Fsp3) is 0.909. The Balaban J connectivity index is 2.84. The van der Waals surface area contributed by atoms with Gasteiger partial charge in [0.2, 0.25) is 0 Å². The van der Waals surface area contributed by atoms with E-state index < -0.39 is 26.0 Å². The molecule has 0 N–H and O–H groups in total. The first kappa shape index (κ1) is 14.5. The van der Waals surface area contributed by atoms with Crippen molar-refractivity contribution in [2.45, 2.75) is 57.1 Å². The van der Waals surface area contributed by atoms with Gasteiger partial charge in [-0.15, -0.1) is 0 Å². The highest BCUT2D eigenvalue weighted by Crippen LogP contribution is 2.44. The minimum absolute atomic E-state index is 0.113. The summed E-state index contributed by atoms with van der Waals surface area (Å²) in [5.41, 5.74) is -1.22. The maximum atomic E-state index is 12.7. The summed E-state index contributed by atoms with van der Waals surface area (Å²) in [7, 11) is -2.02. The van der Waals surface area contributed by atoms with Gasteiger partial charge in [0.05, 0.1) is 12.0 Å². The number of hydrogen-bond acceptors (Lipinski definition) is 2. The average Bonchev–Trinajstić information content (AvgIpc) is 2.14. The van der Waals surface area contributed by atoms with Crippen LogP contribution in [0.4, 0.5) is 13.2 Å². The maximum absolute atomic E-state index is 12.7. The lowest BCUT2D eigenvalue weighted by Gasteiger charge is -2.40. The molecule has 0 saturated heterocycles. The summed E-state index contributed by atoms with van der Waals surface area (Å²) in [6.45, 7) is 5.68. The lowest BCUT2D eigenvalue weighted by Crippen LogP contribution is -2.47. The Labute approximate surface area is 101 Å². The van der Waals surface area contributed by atoms with Crippen LogP contribution in [0, 0.1) is 17.2 Å². The lowest BCUT2D eigenvalue weighted by molar-refractivity contribution is -0.193. The Bertz CT molecular complexity index is 318. The lowest BCUT2D eigenvalue weighted by atomic mass is 9.78. The SMILES string of the molecule is C[Si](C)(C)OC1(C#N)CCCC(C(F)(F)F)C1. The topological polar surface area (TPSA) is 33.0 Å². The van der Waals surface area contributed by atoms with Crippen LogP contribution in [-0.2, 0) is 4.43 Å². The van der Waals surface area contributed by atoms with Crippen molar-refractivity contribution >= 4 is 8.32 Å². The fourth-order valence-electron chi connectivity index (χ4n) is 2.32. The predicted octanol–water partition coefficient (Wildman–Crippen LogP) is 3.85. The standard InChI is InChI=1S/C11H18F3NOSi/c1-17(2,3)16-10(8-15)6-4-5-9(7-10)11(12,13)14/h9H,4-7H2,1-3H3. The van der Waals surface area contributed by atoms with Gasteiger partial charge in [-0.05, 0) is 38.9 Å². The molecule has 0 aromatic carbocycles. The van der Waals surface area contributed by atoms with Gasteiger partial charge in [0.15, 0.2) is 8.32 Å². The second-order valence-corrected chi connectivity index (χ2v) is 10.1. The zero-order valence-electron chi connectivity index (χ0n) is 10.4. The van der Waals surface area contributed by atoms with Gasteiger partial charge in [0.1, 0.15) is 5.60 Å². The molecule has 98 valence electrons. The van der Waals surface area contributed by atoms with E-state index in [4.69, 9.17) is 9.69 Å². The van der Waals surface area contributed by atoms with Crippen LogP contribution in [0.3, 0.4) is 0 Å². The molecule has 6 heteroatoms. The summed E-state index contributed by atoms with van der Waals surface area (Å²) < 4.78 is 43.8. The molecule has 0 aliphatic heterocycles. The van der Waals surface area contributed by atoms with Crippen LogP contribution in [-0.4, -0.2) is 20.1 Å². The van der Waals surface area contributed by atoms with Crippen LogP contribution in [0.1, 0.15) is 25.7 Å². The highest BCUT2D eigenvalue weighted by molar-refractivity contribution is 6.69. The molecule has 1 aliphatic carbocycles. The van der Waals surface area contributed by atoms with E-state index in [0.29, 0.717) is 12.8 Å². The molecule has 17 heavy (non-hydrogen) atoms. The first-order valence-electron chi connectivity index (χ1n) is 5.76. The Morgan fingerprint density at radius 3 is 2.35 bits per heavy atom. The van der Waals surface area contributed by atoms with Crippen molar-refractivity contribution in [2.24, 2.45) is 5.92 Å². The minimum Gasteiger partial charge on any atom is -0.400 e. The zero-order chi connectivity index (χ0) is 13.3. The predicted molar refractivity (Wildman–Crippen MR) is 60.8 cm³/mol. The van der Waals surface area contributed by atoms with E-state index in [2.05, 4.69) is 0 Å². The molecule has 0 bridgehead atoms. The summed E-state index contributed by atoms with van der Waals surface area (Å²) in [6, 6.07) is 1.99. The van der Waals surface area contributed by atoms with Crippen molar-refractivity contribution in [1.82, 2.24) is 0 Å². The van der Waals surface area contributed by atoms with Crippen molar-refractivity contribution in [1.29, 1.82) is 5.26 Å². The normalized spacial score (nSPS) is 31.0. The minimum atomic E-state index is -4.22. The summed E-state index contributed by atoms with van der Waals surface area (Å²) in [4.78, 5) is 0. The van der Waals surface area contributed by atoms with Crippen LogP contribution < -0.4 is 0 Å². The molecule has 2 atom stereocenters. The van der Waals surface area contributed by atoms with E-state index in [1.54, 1.807) is 0 Å². The molecule has 2 unspecified atom stereocenters. The summed E-state index contributed by atoms with van der Waals surface area (Å²) in [5, 5.41) is 9.17. The largest absolute Gasteiger partial charge is 0.400 e. The molecule has 1 rings (SSSR count). The van der Waals surface area contributed by atoms with Gasteiger partial charge in [-0.3, -0.25) is 0 Å². The molecule has 2 nitrogen and oxygen atoms in total. The van der Waals surface area contributed by atoms with Gasteiger partial charge in [0, 0.05) is 6.42 Å². The molecule has 0 aromatic rings. The first-order valence-corrected chi connectivity index (χ1v) is 9.17. The van der Waals surface area contributed by atoms with Gasteiger partial charge in [-0.25, -0.2) is 0 Å². The van der Waals surface area contributed by atoms with Crippen LogP contribution in [0.5, 0.6) is 0 Å². The molecule has 0 radical (unpaired) electrons. The number of alkyl halides is 3. The van der Waals surface area contributed by atoms with Gasteiger partial charge in [-0.1, -0.05) is 0 Å². The van der Waals surface area contributed by atoms with E-state index in [0.717, 1.165) is 0 Å². The molecule has 0 heterocycles. The molecule has 1 saturated carbocycles. The number of halogens is 3. The van der Waals surface area contributed by atoms with Crippen molar-refractivity contribution in [3.8, 4) is 6.07 Å². The third-order valence-electron chi connectivity index (χ3n) is 2.88. The number of hydrogen-bond donors (Lipinski definition) is 0. The monoisotopic (exact) mass is 265 g/mol. The molecular formula is C11H18F3NOSi. The van der Waals surface area contributed by atoms with E-state index >= 15 is 0 Å². The van der Waals surface area contributed by atoms with Gasteiger partial charge < -0.3 is 4.43 Å². The molecule has 0 spiro atoms. The van der Waals surface area contributed by atoms with Crippen molar-refractivity contribution < 1.29 is 17.6 Å². The first-order chi connectivity index (χ1) is 7.58. The number of nitrogens with zero attached hydrogens (tertiary/aromatic N) is 1. The number of rotatable bonds is 2. The van der Waals surface area contributed by atoms with Crippen LogP contribution in [0.2, 0.25) is 19.6 Å². The molecular weight excluding hydrogens is 247 g/mol. The third kappa shape index (κ3) is 4.00. The van der Waals surface area contributed by atoms with E-state index in [9.17, 15) is 13.2 Å². The second kappa shape index (κ2) is 4.62. The van der Waals surface area contributed by atoms with Crippen molar-refractivity contribution in [3.05, 3.63) is 0 Å². The van der Waals surface area contributed by atoms with Crippen molar-refractivity contribution in [2.75, 3.05) is 0 Å². The Kier molecular flexibility index (Phi) is 3.94. The van der Waals surface area contributed by atoms with Crippen LogP contribution >= 0.6 is 0 Å².